The second-order valence-corrected chi connectivity index (χ2v) is 20.3. The van der Waals surface area contributed by atoms with Gasteiger partial charge < -0.3 is 30.0 Å². The number of piperazine rings is 2. The van der Waals surface area contributed by atoms with Crippen LogP contribution < -0.4 is 15.4 Å². The van der Waals surface area contributed by atoms with Gasteiger partial charge in [0.05, 0.1) is 17.0 Å². The third-order valence-electron chi connectivity index (χ3n) is 14.0. The van der Waals surface area contributed by atoms with Crippen molar-refractivity contribution in [2.24, 2.45) is 5.14 Å². The molecule has 5 aromatic carbocycles. The summed E-state index contributed by atoms with van der Waals surface area (Å²) >= 11 is 0. The first-order valence-electron chi connectivity index (χ1n) is 23.8. The number of rotatable bonds is 19. The maximum Gasteiger partial charge on any atom is 0.312 e. The number of carbonyl (C=O) groups is 4. The van der Waals surface area contributed by atoms with Crippen LogP contribution in [0.5, 0.6) is 5.75 Å². The van der Waals surface area contributed by atoms with Gasteiger partial charge >= 0.3 is 23.6 Å². The zero-order valence-corrected chi connectivity index (χ0v) is 39.8. The number of anilines is 1. The number of amides is 4. The van der Waals surface area contributed by atoms with Crippen molar-refractivity contribution in [1.29, 1.82) is 0 Å². The Morgan fingerprint density at radius 2 is 1.41 bits per heavy atom. The van der Waals surface area contributed by atoms with E-state index in [0.29, 0.717) is 88.6 Å². The molecule has 15 heteroatoms. The molecule has 0 aromatic heterocycles. The molecule has 8 rings (SSSR count). The fourth-order valence-electron chi connectivity index (χ4n) is 10.5. The van der Waals surface area contributed by atoms with E-state index in [2.05, 4.69) is 10.2 Å². The number of phenols is 1. The highest BCUT2D eigenvalue weighted by atomic mass is 32.2. The summed E-state index contributed by atoms with van der Waals surface area (Å²) in [4.78, 5) is 65.1. The highest BCUT2D eigenvalue weighted by molar-refractivity contribution is 7.89. The van der Waals surface area contributed by atoms with Crippen LogP contribution in [0.2, 0.25) is 0 Å². The fourth-order valence-corrected chi connectivity index (χ4v) is 11.6. The summed E-state index contributed by atoms with van der Waals surface area (Å²) in [5.74, 6) is -2.13. The van der Waals surface area contributed by atoms with Gasteiger partial charge in [-0.3, -0.25) is 24.1 Å². The Morgan fingerprint density at radius 3 is 2.12 bits per heavy atom. The van der Waals surface area contributed by atoms with Crippen molar-refractivity contribution in [1.82, 2.24) is 24.9 Å². The van der Waals surface area contributed by atoms with Gasteiger partial charge in [0, 0.05) is 75.4 Å². The molecule has 3 fully saturated rings. The third kappa shape index (κ3) is 11.2. The molecule has 358 valence electrons. The minimum Gasteiger partial charge on any atom is -0.508 e. The zero-order chi connectivity index (χ0) is 48.0. The van der Waals surface area contributed by atoms with E-state index >= 15 is 0 Å². The molecule has 3 aliphatic heterocycles. The quantitative estimate of drug-likeness (QED) is 0.0769. The monoisotopic (exact) mass is 941 g/mol. The first kappa shape index (κ1) is 48.2. The molecule has 0 radical (unpaired) electrons. The van der Waals surface area contributed by atoms with Crippen LogP contribution in [0.1, 0.15) is 54.4 Å². The number of sulfonamides is 1. The first-order valence-corrected chi connectivity index (χ1v) is 25.3. The number of fused-ring (bicyclic) bond motifs is 1. The summed E-state index contributed by atoms with van der Waals surface area (Å²) in [6.07, 6.45) is 5.48. The Bertz CT molecular complexity index is 2700. The fraction of sp³-hybridized carbons (Fsp3) is 0.396. The maximum absolute atomic E-state index is 14.6. The van der Waals surface area contributed by atoms with Gasteiger partial charge in [-0.05, 0) is 98.4 Å². The molecule has 68 heavy (non-hydrogen) atoms. The van der Waals surface area contributed by atoms with Gasteiger partial charge in [-0.15, -0.1) is 0 Å². The molecule has 3 heterocycles. The number of nitrogens with one attached hydrogen (secondary N) is 1. The van der Waals surface area contributed by atoms with Gasteiger partial charge in [-0.25, -0.2) is 13.6 Å². The van der Waals surface area contributed by atoms with E-state index < -0.39 is 39.7 Å². The molecule has 0 saturated carbocycles. The lowest BCUT2D eigenvalue weighted by Crippen LogP contribution is -2.64. The number of nitrogens with zero attached hydrogens (tertiary/aromatic N) is 5. The minimum atomic E-state index is -4.10. The predicted molar refractivity (Wildman–Crippen MR) is 263 cm³/mol. The molecule has 14 nitrogen and oxygen atoms in total. The third-order valence-corrected chi connectivity index (χ3v) is 15.1. The lowest BCUT2D eigenvalue weighted by Gasteiger charge is -2.45. The largest absolute Gasteiger partial charge is 0.508 e. The second-order valence-electron chi connectivity index (χ2n) is 18.8. The van der Waals surface area contributed by atoms with Crippen molar-refractivity contribution >= 4 is 50.1 Å². The van der Waals surface area contributed by atoms with E-state index in [1.165, 1.54) is 0 Å². The van der Waals surface area contributed by atoms with Crippen LogP contribution in [0.3, 0.4) is 0 Å². The molecule has 5 aromatic rings. The SMILES string of the molecule is CN(C)c1cccc2c(S(N)(=O)=O)c(CCCC[C@@H](CN3CCC[C@H]3CN3C(=O)C(=O)NC[C@@H]3Cc3ccccc3)N3C[C@H](Cc4ccc(O)cc4)N(CCc4ccccc4)C(=O)C3=O)ccc12. The zero-order valence-electron chi connectivity index (χ0n) is 39.0. The highest BCUT2D eigenvalue weighted by Crippen LogP contribution is 2.34. The lowest BCUT2D eigenvalue weighted by molar-refractivity contribution is -0.161. The Kier molecular flexibility index (Phi) is 15.1. The van der Waals surface area contributed by atoms with Gasteiger partial charge in [0.25, 0.3) is 0 Å². The summed E-state index contributed by atoms with van der Waals surface area (Å²) in [6, 6.07) is 35.1. The lowest BCUT2D eigenvalue weighted by atomic mass is 9.96. The maximum atomic E-state index is 14.6. The van der Waals surface area contributed by atoms with Gasteiger partial charge in [-0.1, -0.05) is 103 Å². The summed E-state index contributed by atoms with van der Waals surface area (Å²) in [5.41, 5.74) is 4.56. The van der Waals surface area contributed by atoms with E-state index in [-0.39, 0.29) is 28.8 Å². The molecule has 0 spiro atoms. The standard InChI is InChI=1S/C53H63N7O7S/c1-56(2)48-21-11-20-47-46(48)27-24-40(49(47)68(54,66)67)17-9-10-18-42(34-57-29-12-19-41(57)35-60-43(33-55-50(62)51(60)63)31-38-15-7-4-8-16-38)59-36-44(32-39-22-25-45(61)26-23-39)58(52(64)53(59)65)30-28-37-13-5-3-6-14-37/h3-8,11,13-16,20-27,41-44,61H,9-10,12,17-19,28-36H2,1-2H3,(H,55,62)(H2,54,66,67)/t41-,42-,43-,44-/m0/s1. The molecular formula is C53H63N7O7S. The van der Waals surface area contributed by atoms with Crippen molar-refractivity contribution in [2.45, 2.75) is 86.9 Å². The predicted octanol–water partition coefficient (Wildman–Crippen LogP) is 4.90. The Labute approximate surface area is 399 Å². The van der Waals surface area contributed by atoms with Crippen molar-refractivity contribution in [3.8, 4) is 5.75 Å². The molecule has 3 aliphatic rings. The molecule has 4 amide bonds. The molecule has 4 atom stereocenters. The number of carbonyl (C=O) groups excluding carboxylic acids is 4. The summed E-state index contributed by atoms with van der Waals surface area (Å²) < 4.78 is 26.5. The average molecular weight is 942 g/mol. The number of aromatic hydroxyl groups is 1. The number of nitrogens with two attached hydrogens (primary N) is 1. The van der Waals surface area contributed by atoms with Crippen LogP contribution in [-0.2, 0) is 54.9 Å². The Morgan fingerprint density at radius 1 is 0.721 bits per heavy atom. The number of primary sulfonamides is 1. The number of hydrogen-bond donors (Lipinski definition) is 3. The van der Waals surface area contributed by atoms with Gasteiger partial charge in [0.1, 0.15) is 5.75 Å². The van der Waals surface area contributed by atoms with Crippen molar-refractivity contribution < 1.29 is 32.7 Å². The number of aryl methyl sites for hydroxylation is 1. The van der Waals surface area contributed by atoms with Crippen LogP contribution in [0, 0.1) is 0 Å². The normalized spacial score (nSPS) is 19.8. The Balaban J connectivity index is 1.07. The van der Waals surface area contributed by atoms with E-state index in [9.17, 15) is 32.7 Å². The smallest absolute Gasteiger partial charge is 0.312 e. The van der Waals surface area contributed by atoms with E-state index in [1.54, 1.807) is 32.9 Å². The number of unbranched alkanes of at least 4 members (excludes halogenated alkanes) is 1. The van der Waals surface area contributed by atoms with Crippen LogP contribution in [0.15, 0.2) is 120 Å². The number of likely N-dealkylation sites (tertiary alicyclic amines) is 1. The van der Waals surface area contributed by atoms with Crippen LogP contribution in [0.25, 0.3) is 10.8 Å². The molecular weight excluding hydrogens is 879 g/mol. The van der Waals surface area contributed by atoms with Crippen molar-refractivity contribution in [3.05, 3.63) is 138 Å². The summed E-state index contributed by atoms with van der Waals surface area (Å²) in [7, 11) is -0.280. The summed E-state index contributed by atoms with van der Waals surface area (Å²) in [6.45, 7) is 2.53. The van der Waals surface area contributed by atoms with Crippen molar-refractivity contribution in [3.63, 3.8) is 0 Å². The molecule has 3 saturated heterocycles. The van der Waals surface area contributed by atoms with Gasteiger partial charge in [-0.2, -0.15) is 0 Å². The van der Waals surface area contributed by atoms with Crippen LogP contribution in [0.4, 0.5) is 5.69 Å². The van der Waals surface area contributed by atoms with Crippen LogP contribution >= 0.6 is 0 Å². The minimum absolute atomic E-state index is 0.0849. The summed E-state index contributed by atoms with van der Waals surface area (Å²) in [5, 5.41) is 20.2. The number of benzene rings is 5. The highest BCUT2D eigenvalue weighted by Gasteiger charge is 2.44. The molecule has 0 bridgehead atoms. The number of phenolic OH excluding ortho intramolecular Hbond substituents is 1. The molecule has 0 aliphatic carbocycles. The Hall–Kier alpha value is -6.29. The number of hydrogen-bond acceptors (Lipinski definition) is 9. The van der Waals surface area contributed by atoms with Gasteiger partial charge in [0.15, 0.2) is 0 Å². The van der Waals surface area contributed by atoms with E-state index in [4.69, 9.17) is 5.14 Å². The van der Waals surface area contributed by atoms with E-state index in [0.717, 1.165) is 47.2 Å². The van der Waals surface area contributed by atoms with Crippen molar-refractivity contribution in [2.75, 3.05) is 58.3 Å². The topological polar surface area (TPSA) is 177 Å². The molecule has 4 N–H and O–H groups in total. The average Bonchev–Trinajstić information content (AvgIpc) is 3.77. The first-order chi connectivity index (χ1) is 32.7. The second kappa shape index (κ2) is 21.3. The van der Waals surface area contributed by atoms with E-state index in [1.807, 2.05) is 116 Å². The molecule has 0 unspecified atom stereocenters. The van der Waals surface area contributed by atoms with Crippen LogP contribution in [-0.4, -0.2) is 134 Å². The van der Waals surface area contributed by atoms with Gasteiger partial charge in [0.2, 0.25) is 10.0 Å².